The summed E-state index contributed by atoms with van der Waals surface area (Å²) in [6.45, 7) is 4.81. The zero-order chi connectivity index (χ0) is 17.1. The number of carbonyl (C=O) groups is 1. The van der Waals surface area contributed by atoms with Crippen molar-refractivity contribution in [2.24, 2.45) is 0 Å². The molecule has 0 aliphatic heterocycles. The van der Waals surface area contributed by atoms with Gasteiger partial charge >= 0.3 is 0 Å². The second-order valence-electron chi connectivity index (χ2n) is 6.00. The normalized spacial score (nSPS) is 11.2. The van der Waals surface area contributed by atoms with Crippen molar-refractivity contribution in [2.75, 3.05) is 6.54 Å². The number of hydrogen-bond acceptors (Lipinski definition) is 2. The van der Waals surface area contributed by atoms with E-state index in [1.165, 1.54) is 0 Å². The van der Waals surface area contributed by atoms with Gasteiger partial charge in [-0.05, 0) is 44.2 Å². The standard InChI is InChI=1S/C19H20ClN3O/c1-13(2)23-17-9-4-3-8-16(17)22-18(23)10-11-21-19(24)14-6-5-7-15(20)12-14/h3-9,12-13H,10-11H2,1-2H3,(H,21,24). The lowest BCUT2D eigenvalue weighted by molar-refractivity contribution is 0.0954. The van der Waals surface area contributed by atoms with Crippen LogP contribution in [0.2, 0.25) is 5.02 Å². The third-order valence-corrected chi connectivity index (χ3v) is 4.14. The van der Waals surface area contributed by atoms with Crippen molar-refractivity contribution in [3.63, 3.8) is 0 Å². The number of nitrogens with zero attached hydrogens (tertiary/aromatic N) is 2. The number of amides is 1. The number of carbonyl (C=O) groups excluding carboxylic acids is 1. The maximum atomic E-state index is 12.2. The van der Waals surface area contributed by atoms with Crippen molar-refractivity contribution in [1.29, 1.82) is 0 Å². The number of fused-ring (bicyclic) bond motifs is 1. The van der Waals surface area contributed by atoms with Crippen molar-refractivity contribution in [2.45, 2.75) is 26.3 Å². The highest BCUT2D eigenvalue weighted by molar-refractivity contribution is 6.30. The van der Waals surface area contributed by atoms with E-state index in [0.29, 0.717) is 29.6 Å². The van der Waals surface area contributed by atoms with E-state index in [9.17, 15) is 4.79 Å². The fourth-order valence-electron chi connectivity index (χ4n) is 2.87. The first-order chi connectivity index (χ1) is 11.6. The molecule has 1 heterocycles. The first kappa shape index (κ1) is 16.5. The van der Waals surface area contributed by atoms with Gasteiger partial charge in [0.1, 0.15) is 5.82 Å². The molecule has 0 aliphatic rings. The zero-order valence-electron chi connectivity index (χ0n) is 13.8. The molecule has 0 spiro atoms. The average Bonchev–Trinajstić information content (AvgIpc) is 2.93. The van der Waals surface area contributed by atoms with Gasteiger partial charge in [0.2, 0.25) is 0 Å². The summed E-state index contributed by atoms with van der Waals surface area (Å²) in [6, 6.07) is 15.4. The summed E-state index contributed by atoms with van der Waals surface area (Å²) in [5.74, 6) is 0.863. The molecule has 0 saturated carbocycles. The molecule has 0 atom stereocenters. The highest BCUT2D eigenvalue weighted by Gasteiger charge is 2.13. The number of para-hydroxylation sites is 2. The molecular weight excluding hydrogens is 322 g/mol. The van der Waals surface area contributed by atoms with Crippen LogP contribution in [0.4, 0.5) is 0 Å². The Kier molecular flexibility index (Phi) is 4.86. The van der Waals surface area contributed by atoms with Crippen LogP contribution in [0.15, 0.2) is 48.5 Å². The largest absolute Gasteiger partial charge is 0.352 e. The van der Waals surface area contributed by atoms with Crippen molar-refractivity contribution in [1.82, 2.24) is 14.9 Å². The predicted octanol–water partition coefficient (Wildman–Crippen LogP) is 4.24. The van der Waals surface area contributed by atoms with Gasteiger partial charge in [-0.25, -0.2) is 4.98 Å². The highest BCUT2D eigenvalue weighted by Crippen LogP contribution is 2.21. The quantitative estimate of drug-likeness (QED) is 0.754. The van der Waals surface area contributed by atoms with E-state index in [4.69, 9.17) is 16.6 Å². The summed E-state index contributed by atoms with van der Waals surface area (Å²) in [5.41, 5.74) is 2.69. The molecule has 0 unspecified atom stereocenters. The smallest absolute Gasteiger partial charge is 0.251 e. The van der Waals surface area contributed by atoms with Crippen molar-refractivity contribution < 1.29 is 4.79 Å². The maximum absolute atomic E-state index is 12.2. The monoisotopic (exact) mass is 341 g/mol. The third-order valence-electron chi connectivity index (χ3n) is 3.91. The molecule has 3 aromatic rings. The van der Waals surface area contributed by atoms with E-state index < -0.39 is 0 Å². The highest BCUT2D eigenvalue weighted by atomic mass is 35.5. The lowest BCUT2D eigenvalue weighted by Crippen LogP contribution is -2.26. The van der Waals surface area contributed by atoms with Gasteiger partial charge < -0.3 is 9.88 Å². The van der Waals surface area contributed by atoms with E-state index >= 15 is 0 Å². The Morgan fingerprint density at radius 3 is 2.75 bits per heavy atom. The van der Waals surface area contributed by atoms with Gasteiger partial charge in [0.25, 0.3) is 5.91 Å². The van der Waals surface area contributed by atoms with Crippen molar-refractivity contribution in [3.05, 3.63) is 64.9 Å². The minimum absolute atomic E-state index is 0.121. The molecule has 24 heavy (non-hydrogen) atoms. The molecule has 124 valence electrons. The summed E-state index contributed by atoms with van der Waals surface area (Å²) in [4.78, 5) is 16.9. The van der Waals surface area contributed by atoms with E-state index in [1.54, 1.807) is 24.3 Å². The van der Waals surface area contributed by atoms with Crippen LogP contribution in [0.1, 0.15) is 36.1 Å². The second-order valence-corrected chi connectivity index (χ2v) is 6.43. The Morgan fingerprint density at radius 2 is 2.00 bits per heavy atom. The van der Waals surface area contributed by atoms with Crippen LogP contribution in [0.5, 0.6) is 0 Å². The van der Waals surface area contributed by atoms with Crippen LogP contribution in [0.3, 0.4) is 0 Å². The van der Waals surface area contributed by atoms with Gasteiger partial charge in [-0.1, -0.05) is 29.8 Å². The predicted molar refractivity (Wildman–Crippen MR) is 97.6 cm³/mol. The lowest BCUT2D eigenvalue weighted by Gasteiger charge is -2.13. The fourth-order valence-corrected chi connectivity index (χ4v) is 3.06. The Bertz CT molecular complexity index is 870. The van der Waals surface area contributed by atoms with Crippen molar-refractivity contribution >= 4 is 28.5 Å². The molecule has 0 bridgehead atoms. The van der Waals surface area contributed by atoms with Crippen LogP contribution in [-0.4, -0.2) is 22.0 Å². The summed E-state index contributed by atoms with van der Waals surface area (Å²) < 4.78 is 2.22. The number of rotatable bonds is 5. The van der Waals surface area contributed by atoms with E-state index in [-0.39, 0.29) is 5.91 Å². The average molecular weight is 342 g/mol. The number of aromatic nitrogens is 2. The van der Waals surface area contributed by atoms with Gasteiger partial charge in [0, 0.05) is 29.6 Å². The van der Waals surface area contributed by atoms with Gasteiger partial charge in [-0.15, -0.1) is 0 Å². The van der Waals surface area contributed by atoms with Gasteiger partial charge in [-0.2, -0.15) is 0 Å². The van der Waals surface area contributed by atoms with E-state index in [2.05, 4.69) is 29.8 Å². The number of hydrogen-bond donors (Lipinski definition) is 1. The van der Waals surface area contributed by atoms with Gasteiger partial charge in [0.05, 0.1) is 11.0 Å². The molecule has 1 N–H and O–H groups in total. The Labute approximate surface area is 146 Å². The first-order valence-electron chi connectivity index (χ1n) is 8.06. The topological polar surface area (TPSA) is 46.9 Å². The van der Waals surface area contributed by atoms with Crippen LogP contribution in [0.25, 0.3) is 11.0 Å². The minimum Gasteiger partial charge on any atom is -0.352 e. The summed E-state index contributed by atoms with van der Waals surface area (Å²) >= 11 is 5.93. The minimum atomic E-state index is -0.121. The number of halogens is 1. The van der Waals surface area contributed by atoms with Gasteiger partial charge in [-0.3, -0.25) is 4.79 Å². The van der Waals surface area contributed by atoms with Crippen LogP contribution in [0, 0.1) is 0 Å². The molecule has 0 aliphatic carbocycles. The van der Waals surface area contributed by atoms with E-state index in [0.717, 1.165) is 16.9 Å². The van der Waals surface area contributed by atoms with E-state index in [1.807, 2.05) is 18.2 Å². The molecule has 1 aromatic heterocycles. The Hall–Kier alpha value is -2.33. The Morgan fingerprint density at radius 1 is 1.21 bits per heavy atom. The third kappa shape index (κ3) is 3.44. The molecule has 0 radical (unpaired) electrons. The molecular formula is C19H20ClN3O. The van der Waals surface area contributed by atoms with Crippen LogP contribution < -0.4 is 5.32 Å². The van der Waals surface area contributed by atoms with Crippen LogP contribution in [-0.2, 0) is 6.42 Å². The molecule has 2 aromatic carbocycles. The SMILES string of the molecule is CC(C)n1c(CCNC(=O)c2cccc(Cl)c2)nc2ccccc21. The summed E-state index contributed by atoms with van der Waals surface area (Å²) in [6.07, 6.45) is 0.680. The molecule has 0 saturated heterocycles. The first-order valence-corrected chi connectivity index (χ1v) is 8.43. The number of imidazole rings is 1. The zero-order valence-corrected chi connectivity index (χ0v) is 14.5. The summed E-state index contributed by atoms with van der Waals surface area (Å²) in [5, 5.41) is 3.49. The second kappa shape index (κ2) is 7.05. The molecule has 1 amide bonds. The summed E-state index contributed by atoms with van der Waals surface area (Å²) in [7, 11) is 0. The Balaban J connectivity index is 1.72. The van der Waals surface area contributed by atoms with Crippen molar-refractivity contribution in [3.8, 4) is 0 Å². The van der Waals surface area contributed by atoms with Crippen LogP contribution >= 0.6 is 11.6 Å². The van der Waals surface area contributed by atoms with Gasteiger partial charge in [0.15, 0.2) is 0 Å². The number of benzene rings is 2. The lowest BCUT2D eigenvalue weighted by atomic mass is 10.2. The number of nitrogens with one attached hydrogen (secondary N) is 1. The molecule has 3 rings (SSSR count). The fraction of sp³-hybridized carbons (Fsp3) is 0.263. The molecule has 5 heteroatoms. The maximum Gasteiger partial charge on any atom is 0.251 e. The molecule has 0 fully saturated rings. The molecule has 4 nitrogen and oxygen atoms in total.